The van der Waals surface area contributed by atoms with Gasteiger partial charge in [-0.3, -0.25) is 29.0 Å². The SMILES string of the molecule is CCCn1c(=O)[nH]c(=O)c2cc(C(=O)N3CCN(Cc4ccccn4)CC3)cnc21. The van der Waals surface area contributed by atoms with Gasteiger partial charge in [0.2, 0.25) is 0 Å². The summed E-state index contributed by atoms with van der Waals surface area (Å²) >= 11 is 0. The minimum Gasteiger partial charge on any atom is -0.336 e. The van der Waals surface area contributed by atoms with Crippen molar-refractivity contribution in [3.05, 3.63) is 68.8 Å². The molecule has 9 nitrogen and oxygen atoms in total. The Morgan fingerprint density at radius 1 is 1.13 bits per heavy atom. The third kappa shape index (κ3) is 4.02. The number of amides is 1. The van der Waals surface area contributed by atoms with Crippen LogP contribution in [0.5, 0.6) is 0 Å². The maximum atomic E-state index is 13.0. The molecule has 0 spiro atoms. The molecule has 4 rings (SSSR count). The monoisotopic (exact) mass is 408 g/mol. The van der Waals surface area contributed by atoms with Crippen LogP contribution in [0.15, 0.2) is 46.2 Å². The van der Waals surface area contributed by atoms with E-state index in [1.165, 1.54) is 16.8 Å². The summed E-state index contributed by atoms with van der Waals surface area (Å²) in [6.45, 7) is 5.83. The van der Waals surface area contributed by atoms with Gasteiger partial charge in [-0.1, -0.05) is 13.0 Å². The summed E-state index contributed by atoms with van der Waals surface area (Å²) in [4.78, 5) is 52.3. The number of aryl methyl sites for hydroxylation is 1. The molecule has 0 atom stereocenters. The highest BCUT2D eigenvalue weighted by atomic mass is 16.2. The van der Waals surface area contributed by atoms with Crippen LogP contribution >= 0.6 is 0 Å². The molecule has 1 aliphatic heterocycles. The number of piperazine rings is 1. The van der Waals surface area contributed by atoms with Crippen molar-refractivity contribution in [3.8, 4) is 0 Å². The summed E-state index contributed by atoms with van der Waals surface area (Å²) in [5.74, 6) is -0.158. The minimum absolute atomic E-state index is 0.158. The van der Waals surface area contributed by atoms with Crippen LogP contribution in [-0.4, -0.2) is 61.4 Å². The van der Waals surface area contributed by atoms with Crippen LogP contribution in [0.25, 0.3) is 11.0 Å². The predicted molar refractivity (Wildman–Crippen MR) is 112 cm³/mol. The van der Waals surface area contributed by atoms with E-state index in [1.807, 2.05) is 25.1 Å². The van der Waals surface area contributed by atoms with Crippen LogP contribution in [0.4, 0.5) is 0 Å². The summed E-state index contributed by atoms with van der Waals surface area (Å²) in [5.41, 5.74) is 0.665. The van der Waals surface area contributed by atoms with Crippen LogP contribution in [-0.2, 0) is 13.1 Å². The average molecular weight is 408 g/mol. The van der Waals surface area contributed by atoms with Gasteiger partial charge in [-0.15, -0.1) is 0 Å². The Hall–Kier alpha value is -3.33. The Kier molecular flexibility index (Phi) is 5.71. The van der Waals surface area contributed by atoms with Crippen molar-refractivity contribution in [1.82, 2.24) is 29.3 Å². The Labute approximate surface area is 173 Å². The number of rotatable bonds is 5. The Morgan fingerprint density at radius 3 is 2.63 bits per heavy atom. The van der Waals surface area contributed by atoms with Crippen LogP contribution in [0, 0.1) is 0 Å². The smallest absolute Gasteiger partial charge is 0.329 e. The van der Waals surface area contributed by atoms with E-state index in [1.54, 1.807) is 11.1 Å². The zero-order valence-electron chi connectivity index (χ0n) is 16.9. The van der Waals surface area contributed by atoms with E-state index in [0.29, 0.717) is 30.8 Å². The standard InChI is InChI=1S/C21H24N6O3/c1-2-7-27-18-17(19(28)24-21(27)30)12-15(13-23-18)20(29)26-10-8-25(9-11-26)14-16-5-3-4-6-22-16/h3-6,12-13H,2,7-11,14H2,1H3,(H,24,28,30). The molecule has 1 amide bonds. The molecule has 3 aromatic heterocycles. The third-order valence-corrected chi connectivity index (χ3v) is 5.30. The van der Waals surface area contributed by atoms with Crippen molar-refractivity contribution in [2.45, 2.75) is 26.4 Å². The molecular weight excluding hydrogens is 384 g/mol. The number of hydrogen-bond donors (Lipinski definition) is 1. The van der Waals surface area contributed by atoms with Gasteiger partial charge in [-0.2, -0.15) is 0 Å². The molecule has 1 fully saturated rings. The van der Waals surface area contributed by atoms with Crippen molar-refractivity contribution in [3.63, 3.8) is 0 Å². The van der Waals surface area contributed by atoms with Gasteiger partial charge in [0.1, 0.15) is 5.65 Å². The maximum absolute atomic E-state index is 13.0. The van der Waals surface area contributed by atoms with Gasteiger partial charge in [0.15, 0.2) is 0 Å². The number of nitrogens with zero attached hydrogens (tertiary/aromatic N) is 5. The fraction of sp³-hybridized carbons (Fsp3) is 0.381. The molecule has 1 N–H and O–H groups in total. The fourth-order valence-corrected chi connectivity index (χ4v) is 3.73. The van der Waals surface area contributed by atoms with E-state index in [4.69, 9.17) is 0 Å². The summed E-state index contributed by atoms with van der Waals surface area (Å²) in [6, 6.07) is 7.39. The van der Waals surface area contributed by atoms with Crippen molar-refractivity contribution < 1.29 is 4.79 Å². The van der Waals surface area contributed by atoms with E-state index in [9.17, 15) is 14.4 Å². The third-order valence-electron chi connectivity index (χ3n) is 5.30. The van der Waals surface area contributed by atoms with Crippen LogP contribution in [0.2, 0.25) is 0 Å². The molecular formula is C21H24N6O3. The van der Waals surface area contributed by atoms with Gasteiger partial charge in [0, 0.05) is 51.7 Å². The average Bonchev–Trinajstić information content (AvgIpc) is 2.77. The quantitative estimate of drug-likeness (QED) is 0.671. The number of hydrogen-bond acceptors (Lipinski definition) is 6. The number of nitrogens with one attached hydrogen (secondary N) is 1. The predicted octanol–water partition coefficient (Wildman–Crippen LogP) is 0.848. The zero-order chi connectivity index (χ0) is 21.1. The molecule has 1 saturated heterocycles. The van der Waals surface area contributed by atoms with Gasteiger partial charge >= 0.3 is 5.69 Å². The first-order valence-electron chi connectivity index (χ1n) is 10.1. The molecule has 0 aromatic carbocycles. The van der Waals surface area contributed by atoms with Gasteiger partial charge in [0.05, 0.1) is 16.6 Å². The Morgan fingerprint density at radius 2 is 1.93 bits per heavy atom. The molecule has 30 heavy (non-hydrogen) atoms. The maximum Gasteiger partial charge on any atom is 0.329 e. The van der Waals surface area contributed by atoms with Crippen LogP contribution in [0.3, 0.4) is 0 Å². The number of aromatic amines is 1. The summed E-state index contributed by atoms with van der Waals surface area (Å²) in [5, 5.41) is 0.252. The second-order valence-corrected chi connectivity index (χ2v) is 7.40. The first-order valence-corrected chi connectivity index (χ1v) is 10.1. The van der Waals surface area contributed by atoms with E-state index in [-0.39, 0.29) is 11.3 Å². The fourth-order valence-electron chi connectivity index (χ4n) is 3.73. The van der Waals surface area contributed by atoms with Crippen molar-refractivity contribution in [2.24, 2.45) is 0 Å². The summed E-state index contributed by atoms with van der Waals surface area (Å²) < 4.78 is 1.43. The second kappa shape index (κ2) is 8.58. The number of aromatic nitrogens is 4. The highest BCUT2D eigenvalue weighted by Gasteiger charge is 2.23. The summed E-state index contributed by atoms with van der Waals surface area (Å²) in [7, 11) is 0. The molecule has 0 saturated carbocycles. The number of carbonyl (C=O) groups is 1. The molecule has 9 heteroatoms. The van der Waals surface area contributed by atoms with Crippen molar-refractivity contribution >= 4 is 16.9 Å². The first-order chi connectivity index (χ1) is 14.6. The van der Waals surface area contributed by atoms with E-state index in [0.717, 1.165) is 31.7 Å². The van der Waals surface area contributed by atoms with E-state index < -0.39 is 11.2 Å². The van der Waals surface area contributed by atoms with Crippen LogP contribution in [0.1, 0.15) is 29.4 Å². The number of pyridine rings is 2. The Balaban J connectivity index is 1.50. The second-order valence-electron chi connectivity index (χ2n) is 7.40. The lowest BCUT2D eigenvalue weighted by atomic mass is 10.2. The van der Waals surface area contributed by atoms with Crippen LogP contribution < -0.4 is 11.2 Å². The molecule has 4 heterocycles. The molecule has 0 aliphatic carbocycles. The lowest BCUT2D eigenvalue weighted by Crippen LogP contribution is -2.48. The summed E-state index contributed by atoms with van der Waals surface area (Å²) in [6.07, 6.45) is 3.96. The highest BCUT2D eigenvalue weighted by molar-refractivity contribution is 5.96. The molecule has 3 aromatic rings. The van der Waals surface area contributed by atoms with Gasteiger partial charge in [-0.05, 0) is 24.6 Å². The molecule has 0 radical (unpaired) electrons. The number of carbonyl (C=O) groups excluding carboxylic acids is 1. The highest BCUT2D eigenvalue weighted by Crippen LogP contribution is 2.13. The minimum atomic E-state index is -0.523. The van der Waals surface area contributed by atoms with Crippen molar-refractivity contribution in [2.75, 3.05) is 26.2 Å². The normalized spacial score (nSPS) is 14.9. The molecule has 1 aliphatic rings. The molecule has 0 bridgehead atoms. The number of fused-ring (bicyclic) bond motifs is 1. The number of H-pyrrole nitrogens is 1. The largest absolute Gasteiger partial charge is 0.336 e. The van der Waals surface area contributed by atoms with Gasteiger partial charge in [0.25, 0.3) is 11.5 Å². The van der Waals surface area contributed by atoms with Gasteiger partial charge < -0.3 is 4.90 Å². The lowest BCUT2D eigenvalue weighted by molar-refractivity contribution is 0.0627. The lowest BCUT2D eigenvalue weighted by Gasteiger charge is -2.34. The molecule has 156 valence electrons. The van der Waals surface area contributed by atoms with E-state index in [2.05, 4.69) is 19.9 Å². The van der Waals surface area contributed by atoms with E-state index >= 15 is 0 Å². The zero-order valence-corrected chi connectivity index (χ0v) is 16.9. The Bertz CT molecular complexity index is 1160. The topological polar surface area (TPSA) is 104 Å². The van der Waals surface area contributed by atoms with Gasteiger partial charge in [-0.25, -0.2) is 9.78 Å². The van der Waals surface area contributed by atoms with Crippen molar-refractivity contribution in [1.29, 1.82) is 0 Å². The molecule has 0 unspecified atom stereocenters. The first kappa shape index (κ1) is 20.0.